The molecular weight excluding hydrogens is 226 g/mol. The third kappa shape index (κ3) is 2.72. The van der Waals surface area contributed by atoms with Crippen molar-refractivity contribution in [2.75, 3.05) is 13.1 Å². The molecule has 0 saturated carbocycles. The molecule has 1 aliphatic heterocycles. The number of nitrogens with zero attached hydrogens (tertiary/aromatic N) is 1. The van der Waals surface area contributed by atoms with Gasteiger partial charge in [0, 0.05) is 13.1 Å². The molecule has 18 heavy (non-hydrogen) atoms. The van der Waals surface area contributed by atoms with Gasteiger partial charge in [0.1, 0.15) is 0 Å². The van der Waals surface area contributed by atoms with Crippen LogP contribution in [0, 0.1) is 12.3 Å². The Morgan fingerprint density at radius 2 is 2.17 bits per heavy atom. The fourth-order valence-corrected chi connectivity index (χ4v) is 2.68. The van der Waals surface area contributed by atoms with Crippen molar-refractivity contribution < 1.29 is 9.90 Å². The minimum atomic E-state index is -0.669. The highest BCUT2D eigenvalue weighted by Crippen LogP contribution is 2.30. The van der Waals surface area contributed by atoms with Crippen molar-refractivity contribution in [3.05, 3.63) is 35.4 Å². The average Bonchev–Trinajstić information content (AvgIpc) is 2.32. The molecule has 2 rings (SSSR count). The van der Waals surface area contributed by atoms with E-state index in [2.05, 4.69) is 24.0 Å². The Hall–Kier alpha value is -1.35. The molecule has 1 fully saturated rings. The number of carboxylic acids is 1. The number of likely N-dealkylation sites (tertiary alicyclic amines) is 1. The normalized spacial score (nSPS) is 25.0. The maximum absolute atomic E-state index is 11.3. The van der Waals surface area contributed by atoms with Crippen LogP contribution in [0.4, 0.5) is 0 Å². The van der Waals surface area contributed by atoms with Crippen LogP contribution in [-0.2, 0) is 11.3 Å². The molecule has 1 N–H and O–H groups in total. The molecule has 1 atom stereocenters. The van der Waals surface area contributed by atoms with Gasteiger partial charge in [0.2, 0.25) is 0 Å². The van der Waals surface area contributed by atoms with E-state index in [-0.39, 0.29) is 0 Å². The third-order valence-electron chi connectivity index (χ3n) is 3.95. The molecule has 1 aliphatic rings. The van der Waals surface area contributed by atoms with Crippen LogP contribution in [0.25, 0.3) is 0 Å². The second-order valence-electron chi connectivity index (χ2n) is 5.61. The zero-order valence-corrected chi connectivity index (χ0v) is 11.1. The molecule has 1 unspecified atom stereocenters. The second kappa shape index (κ2) is 5.11. The molecule has 3 heteroatoms. The zero-order chi connectivity index (χ0) is 13.2. The molecule has 0 aromatic heterocycles. The summed E-state index contributed by atoms with van der Waals surface area (Å²) in [6, 6.07) is 8.32. The van der Waals surface area contributed by atoms with Crippen molar-refractivity contribution in [2.24, 2.45) is 5.41 Å². The molecule has 0 bridgehead atoms. The molecule has 0 amide bonds. The maximum atomic E-state index is 11.3. The van der Waals surface area contributed by atoms with Gasteiger partial charge in [0.05, 0.1) is 5.41 Å². The number of benzene rings is 1. The summed E-state index contributed by atoms with van der Waals surface area (Å²) >= 11 is 0. The van der Waals surface area contributed by atoms with E-state index in [1.165, 1.54) is 11.1 Å². The number of rotatable bonds is 3. The predicted octanol–water partition coefficient (Wildman–Crippen LogP) is 2.68. The Bertz CT molecular complexity index is 444. The van der Waals surface area contributed by atoms with Gasteiger partial charge in [0.15, 0.2) is 0 Å². The number of aliphatic carboxylic acids is 1. The van der Waals surface area contributed by atoms with E-state index in [0.717, 1.165) is 25.9 Å². The Morgan fingerprint density at radius 1 is 1.44 bits per heavy atom. The minimum Gasteiger partial charge on any atom is -0.481 e. The number of hydrogen-bond acceptors (Lipinski definition) is 2. The molecule has 0 radical (unpaired) electrons. The van der Waals surface area contributed by atoms with Gasteiger partial charge in [-0.1, -0.05) is 24.3 Å². The molecule has 98 valence electrons. The van der Waals surface area contributed by atoms with Gasteiger partial charge in [-0.05, 0) is 44.4 Å². The van der Waals surface area contributed by atoms with Crippen molar-refractivity contribution in [1.82, 2.24) is 4.90 Å². The lowest BCUT2D eigenvalue weighted by Gasteiger charge is -2.37. The smallest absolute Gasteiger partial charge is 0.310 e. The van der Waals surface area contributed by atoms with Crippen LogP contribution in [0.1, 0.15) is 30.9 Å². The van der Waals surface area contributed by atoms with E-state index < -0.39 is 11.4 Å². The first-order valence-corrected chi connectivity index (χ1v) is 6.51. The van der Waals surface area contributed by atoms with Crippen molar-refractivity contribution in [3.8, 4) is 0 Å². The molecule has 1 aromatic carbocycles. The summed E-state index contributed by atoms with van der Waals surface area (Å²) < 4.78 is 0. The van der Waals surface area contributed by atoms with Gasteiger partial charge in [-0.15, -0.1) is 0 Å². The number of aryl methyl sites for hydroxylation is 1. The fourth-order valence-electron chi connectivity index (χ4n) is 2.68. The molecule has 1 saturated heterocycles. The summed E-state index contributed by atoms with van der Waals surface area (Å²) in [5.74, 6) is -0.669. The molecule has 0 aliphatic carbocycles. The number of carboxylic acid groups (broad SMARTS) is 1. The van der Waals surface area contributed by atoms with Gasteiger partial charge in [-0.2, -0.15) is 0 Å². The lowest BCUT2D eigenvalue weighted by Crippen LogP contribution is -2.45. The highest BCUT2D eigenvalue weighted by molar-refractivity contribution is 5.74. The van der Waals surface area contributed by atoms with E-state index >= 15 is 0 Å². The highest BCUT2D eigenvalue weighted by atomic mass is 16.4. The van der Waals surface area contributed by atoms with Gasteiger partial charge < -0.3 is 5.11 Å². The van der Waals surface area contributed by atoms with Gasteiger partial charge in [-0.3, -0.25) is 9.69 Å². The van der Waals surface area contributed by atoms with E-state index in [1.54, 1.807) is 0 Å². The van der Waals surface area contributed by atoms with E-state index in [1.807, 2.05) is 19.1 Å². The molecular formula is C15H21NO2. The lowest BCUT2D eigenvalue weighted by atomic mass is 9.82. The van der Waals surface area contributed by atoms with Crippen molar-refractivity contribution in [3.63, 3.8) is 0 Å². The second-order valence-corrected chi connectivity index (χ2v) is 5.61. The standard InChI is InChI=1S/C15H21NO2/c1-12-6-3-4-7-13(12)10-16-9-5-8-15(2,11-16)14(17)18/h3-4,6-7H,5,8-11H2,1-2H3,(H,17,18). The van der Waals surface area contributed by atoms with E-state index in [9.17, 15) is 9.90 Å². The first-order chi connectivity index (χ1) is 8.51. The maximum Gasteiger partial charge on any atom is 0.310 e. The summed E-state index contributed by atoms with van der Waals surface area (Å²) in [7, 11) is 0. The number of hydrogen-bond donors (Lipinski definition) is 1. The molecule has 1 aromatic rings. The summed E-state index contributed by atoms with van der Waals surface area (Å²) in [4.78, 5) is 13.6. The minimum absolute atomic E-state index is 0.582. The zero-order valence-electron chi connectivity index (χ0n) is 11.1. The number of carbonyl (C=O) groups is 1. The quantitative estimate of drug-likeness (QED) is 0.892. The number of piperidine rings is 1. The van der Waals surface area contributed by atoms with Gasteiger partial charge in [-0.25, -0.2) is 0 Å². The Kier molecular flexibility index (Phi) is 3.71. The SMILES string of the molecule is Cc1ccccc1CN1CCCC(C)(C(=O)O)C1. The van der Waals surface area contributed by atoms with Gasteiger partial charge >= 0.3 is 5.97 Å². The Balaban J connectivity index is 2.07. The summed E-state index contributed by atoms with van der Waals surface area (Å²) in [6.45, 7) is 6.47. The van der Waals surface area contributed by atoms with Gasteiger partial charge in [0.25, 0.3) is 0 Å². The predicted molar refractivity (Wildman–Crippen MR) is 71.4 cm³/mol. The summed E-state index contributed by atoms with van der Waals surface area (Å²) in [5, 5.41) is 9.31. The van der Waals surface area contributed by atoms with Crippen LogP contribution in [0.5, 0.6) is 0 Å². The highest BCUT2D eigenvalue weighted by Gasteiger charge is 2.37. The van der Waals surface area contributed by atoms with Crippen LogP contribution >= 0.6 is 0 Å². The summed E-state index contributed by atoms with van der Waals surface area (Å²) in [6.07, 6.45) is 1.75. The van der Waals surface area contributed by atoms with Crippen molar-refractivity contribution in [2.45, 2.75) is 33.2 Å². The summed E-state index contributed by atoms with van der Waals surface area (Å²) in [5.41, 5.74) is 1.99. The molecule has 3 nitrogen and oxygen atoms in total. The van der Waals surface area contributed by atoms with Crippen LogP contribution in [0.3, 0.4) is 0 Å². The van der Waals surface area contributed by atoms with Crippen LogP contribution in [0.2, 0.25) is 0 Å². The van der Waals surface area contributed by atoms with Crippen LogP contribution < -0.4 is 0 Å². The van der Waals surface area contributed by atoms with Crippen LogP contribution in [0.15, 0.2) is 24.3 Å². The van der Waals surface area contributed by atoms with Crippen molar-refractivity contribution >= 4 is 5.97 Å². The first-order valence-electron chi connectivity index (χ1n) is 6.51. The van der Waals surface area contributed by atoms with E-state index in [4.69, 9.17) is 0 Å². The Morgan fingerprint density at radius 3 is 2.83 bits per heavy atom. The Labute approximate surface area is 108 Å². The molecule has 1 heterocycles. The lowest BCUT2D eigenvalue weighted by molar-refractivity contribution is -0.151. The van der Waals surface area contributed by atoms with Crippen LogP contribution in [-0.4, -0.2) is 29.1 Å². The monoisotopic (exact) mass is 247 g/mol. The first kappa shape index (κ1) is 13.1. The molecule has 0 spiro atoms. The van der Waals surface area contributed by atoms with Crippen molar-refractivity contribution in [1.29, 1.82) is 0 Å². The third-order valence-corrected chi connectivity index (χ3v) is 3.95. The average molecular weight is 247 g/mol. The fraction of sp³-hybridized carbons (Fsp3) is 0.533. The van der Waals surface area contributed by atoms with E-state index in [0.29, 0.717) is 6.54 Å². The largest absolute Gasteiger partial charge is 0.481 e. The topological polar surface area (TPSA) is 40.5 Å².